The van der Waals surface area contributed by atoms with Gasteiger partial charge in [-0.05, 0) is 18.9 Å². The summed E-state index contributed by atoms with van der Waals surface area (Å²) < 4.78 is 5.55. The molecular formula is C12H16O2. The molecule has 76 valence electrons. The zero-order valence-corrected chi connectivity index (χ0v) is 8.69. The first kappa shape index (κ1) is 10.9. The molecule has 0 aromatic heterocycles. The first-order valence-electron chi connectivity index (χ1n) is 4.88. The van der Waals surface area contributed by atoms with Gasteiger partial charge in [-0.1, -0.05) is 37.3 Å². The summed E-state index contributed by atoms with van der Waals surface area (Å²) >= 11 is 0. The molecule has 1 atom stereocenters. The topological polar surface area (TPSA) is 26.3 Å². The second-order valence-corrected chi connectivity index (χ2v) is 3.44. The summed E-state index contributed by atoms with van der Waals surface area (Å²) in [7, 11) is 0. The van der Waals surface area contributed by atoms with E-state index < -0.39 is 5.60 Å². The van der Waals surface area contributed by atoms with Crippen molar-refractivity contribution in [3.63, 3.8) is 0 Å². The van der Waals surface area contributed by atoms with Crippen molar-refractivity contribution in [1.29, 1.82) is 0 Å². The quantitative estimate of drug-likeness (QED) is 0.670. The van der Waals surface area contributed by atoms with E-state index in [4.69, 9.17) is 4.74 Å². The fourth-order valence-electron chi connectivity index (χ4n) is 1.27. The van der Waals surface area contributed by atoms with Gasteiger partial charge in [0.25, 0.3) is 0 Å². The molecule has 0 radical (unpaired) electrons. The molecule has 0 bridgehead atoms. The van der Waals surface area contributed by atoms with Crippen LogP contribution in [0.15, 0.2) is 30.3 Å². The first-order valence-corrected chi connectivity index (χ1v) is 4.88. The molecule has 1 unspecified atom stereocenters. The largest absolute Gasteiger partial charge is 0.363 e. The summed E-state index contributed by atoms with van der Waals surface area (Å²) in [6.45, 7) is 4.42. The van der Waals surface area contributed by atoms with Gasteiger partial charge in [-0.3, -0.25) is 4.79 Å². The number of benzene rings is 1. The van der Waals surface area contributed by atoms with Gasteiger partial charge in [0.1, 0.15) is 5.60 Å². The third-order valence-electron chi connectivity index (χ3n) is 2.18. The maximum absolute atomic E-state index is 11.0. The predicted octanol–water partition coefficient (Wildman–Crippen LogP) is 2.53. The normalized spacial score (nSPS) is 14.7. The maximum Gasteiger partial charge on any atom is 0.156 e. The van der Waals surface area contributed by atoms with Crippen LogP contribution in [0.1, 0.15) is 25.8 Å². The molecular weight excluding hydrogens is 176 g/mol. The molecule has 0 aliphatic heterocycles. The number of carbonyl (C=O) groups is 1. The fraction of sp³-hybridized carbons (Fsp3) is 0.417. The van der Waals surface area contributed by atoms with Crippen LogP contribution in [-0.2, 0) is 15.1 Å². The lowest BCUT2D eigenvalue weighted by Crippen LogP contribution is -2.28. The number of hydrogen-bond acceptors (Lipinski definition) is 2. The van der Waals surface area contributed by atoms with Gasteiger partial charge < -0.3 is 4.74 Å². The van der Waals surface area contributed by atoms with Crippen LogP contribution in [0.2, 0.25) is 0 Å². The highest BCUT2D eigenvalue weighted by Gasteiger charge is 2.25. The average Bonchev–Trinajstić information content (AvgIpc) is 2.27. The van der Waals surface area contributed by atoms with Crippen LogP contribution in [0.4, 0.5) is 0 Å². The van der Waals surface area contributed by atoms with Crippen molar-refractivity contribution < 1.29 is 9.53 Å². The first-order chi connectivity index (χ1) is 6.73. The molecule has 0 heterocycles. The van der Waals surface area contributed by atoms with Crippen LogP contribution < -0.4 is 0 Å². The minimum absolute atomic E-state index is 0.601. The average molecular weight is 192 g/mol. The van der Waals surface area contributed by atoms with E-state index in [9.17, 15) is 4.79 Å². The van der Waals surface area contributed by atoms with Gasteiger partial charge in [-0.15, -0.1) is 0 Å². The van der Waals surface area contributed by atoms with Crippen molar-refractivity contribution in [3.8, 4) is 0 Å². The molecule has 1 aromatic carbocycles. The second kappa shape index (κ2) is 4.91. The van der Waals surface area contributed by atoms with E-state index in [2.05, 4.69) is 0 Å². The third-order valence-corrected chi connectivity index (χ3v) is 2.18. The predicted molar refractivity (Wildman–Crippen MR) is 56.1 cm³/mol. The van der Waals surface area contributed by atoms with E-state index in [0.717, 1.165) is 18.3 Å². The Labute approximate surface area is 84.9 Å². The monoisotopic (exact) mass is 192 g/mol. The maximum atomic E-state index is 11.0. The zero-order chi connectivity index (χ0) is 10.4. The number of ether oxygens (including phenoxy) is 1. The fourth-order valence-corrected chi connectivity index (χ4v) is 1.27. The number of aldehydes is 1. The SMILES string of the molecule is CCCOC(C)(C=O)c1ccccc1. The van der Waals surface area contributed by atoms with Gasteiger partial charge in [0.2, 0.25) is 0 Å². The van der Waals surface area contributed by atoms with Crippen molar-refractivity contribution in [2.24, 2.45) is 0 Å². The highest BCUT2D eigenvalue weighted by atomic mass is 16.5. The minimum Gasteiger partial charge on any atom is -0.363 e. The molecule has 0 saturated carbocycles. The molecule has 0 aliphatic carbocycles. The van der Waals surface area contributed by atoms with Gasteiger partial charge in [0.05, 0.1) is 0 Å². The highest BCUT2D eigenvalue weighted by Crippen LogP contribution is 2.22. The molecule has 1 aromatic rings. The molecule has 0 amide bonds. The molecule has 2 nitrogen and oxygen atoms in total. The minimum atomic E-state index is -0.794. The molecule has 0 aliphatic rings. The van der Waals surface area contributed by atoms with Crippen molar-refractivity contribution in [1.82, 2.24) is 0 Å². The number of rotatable bonds is 5. The molecule has 0 saturated heterocycles. The van der Waals surface area contributed by atoms with Gasteiger partial charge in [-0.2, -0.15) is 0 Å². The lowest BCUT2D eigenvalue weighted by molar-refractivity contribution is -0.130. The van der Waals surface area contributed by atoms with E-state index in [-0.39, 0.29) is 0 Å². The van der Waals surface area contributed by atoms with Gasteiger partial charge in [-0.25, -0.2) is 0 Å². The highest BCUT2D eigenvalue weighted by molar-refractivity contribution is 5.65. The van der Waals surface area contributed by atoms with E-state index in [1.54, 1.807) is 6.92 Å². The number of hydrogen-bond donors (Lipinski definition) is 0. The molecule has 14 heavy (non-hydrogen) atoms. The van der Waals surface area contributed by atoms with E-state index >= 15 is 0 Å². The van der Waals surface area contributed by atoms with Crippen LogP contribution in [0.3, 0.4) is 0 Å². The molecule has 0 N–H and O–H groups in total. The van der Waals surface area contributed by atoms with E-state index in [0.29, 0.717) is 6.61 Å². The Morgan fingerprint density at radius 3 is 2.50 bits per heavy atom. The Morgan fingerprint density at radius 2 is 2.00 bits per heavy atom. The summed E-state index contributed by atoms with van der Waals surface area (Å²) in [5, 5.41) is 0. The lowest BCUT2D eigenvalue weighted by atomic mass is 9.97. The second-order valence-electron chi connectivity index (χ2n) is 3.44. The third kappa shape index (κ3) is 2.42. The van der Waals surface area contributed by atoms with Crippen LogP contribution in [0.5, 0.6) is 0 Å². The van der Waals surface area contributed by atoms with Gasteiger partial charge in [0, 0.05) is 6.61 Å². The summed E-state index contributed by atoms with van der Waals surface area (Å²) in [4.78, 5) is 11.0. The summed E-state index contributed by atoms with van der Waals surface area (Å²) in [6.07, 6.45) is 1.77. The standard InChI is InChI=1S/C12H16O2/c1-3-9-14-12(2,10-13)11-7-5-4-6-8-11/h4-8,10H,3,9H2,1-2H3. The van der Waals surface area contributed by atoms with Crippen molar-refractivity contribution in [3.05, 3.63) is 35.9 Å². The Bertz CT molecular complexity index is 282. The Morgan fingerprint density at radius 1 is 1.36 bits per heavy atom. The van der Waals surface area contributed by atoms with E-state index in [1.165, 1.54) is 0 Å². The Balaban J connectivity index is 2.84. The van der Waals surface area contributed by atoms with Crippen molar-refractivity contribution >= 4 is 6.29 Å². The molecule has 1 rings (SSSR count). The van der Waals surface area contributed by atoms with Crippen LogP contribution in [0, 0.1) is 0 Å². The van der Waals surface area contributed by atoms with Crippen LogP contribution in [-0.4, -0.2) is 12.9 Å². The van der Waals surface area contributed by atoms with Gasteiger partial charge in [0.15, 0.2) is 6.29 Å². The van der Waals surface area contributed by atoms with E-state index in [1.807, 2.05) is 37.3 Å². The summed E-state index contributed by atoms with van der Waals surface area (Å²) in [5.74, 6) is 0. The summed E-state index contributed by atoms with van der Waals surface area (Å²) in [5.41, 5.74) is 0.112. The molecule has 0 spiro atoms. The van der Waals surface area contributed by atoms with Crippen LogP contribution >= 0.6 is 0 Å². The Kier molecular flexibility index (Phi) is 3.84. The van der Waals surface area contributed by atoms with Gasteiger partial charge >= 0.3 is 0 Å². The molecule has 2 heteroatoms. The Hall–Kier alpha value is -1.15. The van der Waals surface area contributed by atoms with Crippen LogP contribution in [0.25, 0.3) is 0 Å². The summed E-state index contributed by atoms with van der Waals surface area (Å²) in [6, 6.07) is 9.56. The zero-order valence-electron chi connectivity index (χ0n) is 8.69. The molecule has 0 fully saturated rings. The van der Waals surface area contributed by atoms with Crippen molar-refractivity contribution in [2.75, 3.05) is 6.61 Å². The number of carbonyl (C=O) groups excluding carboxylic acids is 1. The van der Waals surface area contributed by atoms with Crippen molar-refractivity contribution in [2.45, 2.75) is 25.9 Å². The smallest absolute Gasteiger partial charge is 0.156 e. The lowest BCUT2D eigenvalue weighted by Gasteiger charge is -2.23.